The van der Waals surface area contributed by atoms with Gasteiger partial charge in [0.25, 0.3) is 0 Å². The molecule has 0 bridgehead atoms. The van der Waals surface area contributed by atoms with Crippen molar-refractivity contribution in [3.05, 3.63) is 59.7 Å². The molecule has 2 atom stereocenters. The van der Waals surface area contributed by atoms with Crippen LogP contribution in [0.3, 0.4) is 0 Å². The molecule has 0 radical (unpaired) electrons. The van der Waals surface area contributed by atoms with Crippen LogP contribution in [-0.4, -0.2) is 53.5 Å². The second-order valence-corrected chi connectivity index (χ2v) is 7.72. The Labute approximate surface area is 186 Å². The number of alkyl carbamates (subject to hydrolysis) is 1. The summed E-state index contributed by atoms with van der Waals surface area (Å²) in [5.74, 6) is -1.97. The zero-order chi connectivity index (χ0) is 23.1. The van der Waals surface area contributed by atoms with Gasteiger partial charge in [-0.05, 0) is 28.7 Å². The van der Waals surface area contributed by atoms with Crippen molar-refractivity contribution in [3.63, 3.8) is 0 Å². The van der Waals surface area contributed by atoms with Crippen molar-refractivity contribution < 1.29 is 29.3 Å². The van der Waals surface area contributed by atoms with Crippen LogP contribution in [0.15, 0.2) is 48.5 Å². The van der Waals surface area contributed by atoms with E-state index in [1.54, 1.807) is 0 Å². The number of fused-ring (bicyclic) bond motifs is 3. The molecule has 1 unspecified atom stereocenters. The summed E-state index contributed by atoms with van der Waals surface area (Å²) in [6.45, 7) is 1.58. The number of aliphatic carboxylic acids is 1. The Morgan fingerprint density at radius 3 is 2.06 bits per heavy atom. The fraction of sp³-hybridized carbons (Fsp3) is 0.375. The Balaban J connectivity index is 1.64. The first-order chi connectivity index (χ1) is 15.5. The minimum atomic E-state index is -1.25. The van der Waals surface area contributed by atoms with Crippen LogP contribution in [0.2, 0.25) is 0 Å². The molecular weight excluding hydrogens is 412 g/mol. The number of carbonyl (C=O) groups is 3. The standard InChI is InChI=1S/C24H28N2O6/c1-2-7-20(22(28)25-21(12-13-27)23(29)30)26-24(31)32-14-19-17-10-5-3-8-15(17)16-9-4-6-11-18(16)19/h3-6,8-11,19-21,27H,2,7,12-14H2,1H3,(H,25,28)(H,26,31)(H,29,30)/t20?,21-/m1/s1. The molecule has 2 aromatic rings. The molecule has 32 heavy (non-hydrogen) atoms. The summed E-state index contributed by atoms with van der Waals surface area (Å²) >= 11 is 0. The third kappa shape index (κ3) is 5.26. The first-order valence-corrected chi connectivity index (χ1v) is 10.7. The molecule has 0 fully saturated rings. The molecule has 2 amide bonds. The average Bonchev–Trinajstić information content (AvgIpc) is 3.10. The lowest BCUT2D eigenvalue weighted by Crippen LogP contribution is -2.52. The summed E-state index contributed by atoms with van der Waals surface area (Å²) in [5.41, 5.74) is 4.39. The molecule has 0 aromatic heterocycles. The van der Waals surface area contributed by atoms with Gasteiger partial charge >= 0.3 is 12.1 Å². The molecule has 0 heterocycles. The molecule has 2 aromatic carbocycles. The van der Waals surface area contributed by atoms with E-state index in [-0.39, 0.29) is 25.6 Å². The number of carbonyl (C=O) groups excluding carboxylic acids is 2. The lowest BCUT2D eigenvalue weighted by atomic mass is 9.98. The first kappa shape index (κ1) is 23.3. The smallest absolute Gasteiger partial charge is 0.407 e. The topological polar surface area (TPSA) is 125 Å². The van der Waals surface area contributed by atoms with E-state index < -0.39 is 30.1 Å². The highest BCUT2D eigenvalue weighted by Crippen LogP contribution is 2.44. The zero-order valence-electron chi connectivity index (χ0n) is 17.9. The number of aliphatic hydroxyl groups excluding tert-OH is 1. The van der Waals surface area contributed by atoms with E-state index in [0.29, 0.717) is 12.8 Å². The summed E-state index contributed by atoms with van der Waals surface area (Å²) < 4.78 is 5.48. The minimum absolute atomic E-state index is 0.104. The Bertz CT molecular complexity index is 931. The quantitative estimate of drug-likeness (QED) is 0.450. The molecule has 170 valence electrons. The van der Waals surface area contributed by atoms with Gasteiger partial charge in [0.15, 0.2) is 0 Å². The minimum Gasteiger partial charge on any atom is -0.480 e. The largest absolute Gasteiger partial charge is 0.480 e. The monoisotopic (exact) mass is 440 g/mol. The number of rotatable bonds is 10. The van der Waals surface area contributed by atoms with Gasteiger partial charge in [-0.3, -0.25) is 4.79 Å². The van der Waals surface area contributed by atoms with Crippen molar-refractivity contribution in [2.45, 2.75) is 44.2 Å². The van der Waals surface area contributed by atoms with Crippen molar-refractivity contribution in [1.29, 1.82) is 0 Å². The van der Waals surface area contributed by atoms with E-state index in [1.807, 2.05) is 55.5 Å². The van der Waals surface area contributed by atoms with Gasteiger partial charge in [-0.15, -0.1) is 0 Å². The van der Waals surface area contributed by atoms with Gasteiger partial charge in [-0.25, -0.2) is 9.59 Å². The van der Waals surface area contributed by atoms with Gasteiger partial charge < -0.3 is 25.6 Å². The number of benzene rings is 2. The van der Waals surface area contributed by atoms with Crippen LogP contribution in [0, 0.1) is 0 Å². The Morgan fingerprint density at radius 2 is 1.53 bits per heavy atom. The number of hydrogen-bond donors (Lipinski definition) is 4. The van der Waals surface area contributed by atoms with Crippen LogP contribution in [0.4, 0.5) is 4.79 Å². The number of aliphatic hydroxyl groups is 1. The van der Waals surface area contributed by atoms with Gasteiger partial charge in [-0.1, -0.05) is 61.9 Å². The number of carboxylic acid groups (broad SMARTS) is 1. The molecular formula is C24H28N2O6. The summed E-state index contributed by atoms with van der Waals surface area (Å²) in [5, 5.41) is 23.1. The molecule has 0 saturated heterocycles. The predicted octanol–water partition coefficient (Wildman–Crippen LogP) is 2.65. The van der Waals surface area contributed by atoms with Crippen molar-refractivity contribution in [1.82, 2.24) is 10.6 Å². The molecule has 8 heteroatoms. The number of nitrogens with one attached hydrogen (secondary N) is 2. The highest BCUT2D eigenvalue weighted by molar-refractivity contribution is 5.89. The molecule has 0 spiro atoms. The molecule has 8 nitrogen and oxygen atoms in total. The normalized spacial score (nSPS) is 14.1. The van der Waals surface area contributed by atoms with Gasteiger partial charge in [0.2, 0.25) is 5.91 Å². The highest BCUT2D eigenvalue weighted by Gasteiger charge is 2.30. The Hall–Kier alpha value is -3.39. The Kier molecular flexibility index (Phi) is 7.83. The van der Waals surface area contributed by atoms with E-state index in [9.17, 15) is 19.5 Å². The molecule has 0 saturated carbocycles. The van der Waals surface area contributed by atoms with E-state index in [1.165, 1.54) is 0 Å². The van der Waals surface area contributed by atoms with E-state index in [0.717, 1.165) is 22.3 Å². The highest BCUT2D eigenvalue weighted by atomic mass is 16.5. The summed E-state index contributed by atoms with van der Waals surface area (Å²) in [7, 11) is 0. The lowest BCUT2D eigenvalue weighted by Gasteiger charge is -2.21. The molecule has 1 aliphatic rings. The first-order valence-electron chi connectivity index (χ1n) is 10.7. The van der Waals surface area contributed by atoms with Crippen LogP contribution < -0.4 is 10.6 Å². The predicted molar refractivity (Wildman–Crippen MR) is 118 cm³/mol. The maximum absolute atomic E-state index is 12.5. The SMILES string of the molecule is CCCC(NC(=O)OCC1c2ccccc2-c2ccccc21)C(=O)N[C@H](CCO)C(=O)O. The third-order valence-electron chi connectivity index (χ3n) is 5.56. The van der Waals surface area contributed by atoms with Gasteiger partial charge in [-0.2, -0.15) is 0 Å². The zero-order valence-corrected chi connectivity index (χ0v) is 17.9. The summed E-state index contributed by atoms with van der Waals surface area (Å²) in [6.07, 6.45) is 0.0562. The van der Waals surface area contributed by atoms with Crippen LogP contribution >= 0.6 is 0 Å². The van der Waals surface area contributed by atoms with Crippen LogP contribution in [0.25, 0.3) is 11.1 Å². The summed E-state index contributed by atoms with van der Waals surface area (Å²) in [6, 6.07) is 13.8. The van der Waals surface area contributed by atoms with Gasteiger partial charge in [0.05, 0.1) is 0 Å². The fourth-order valence-corrected chi connectivity index (χ4v) is 4.00. The molecule has 1 aliphatic carbocycles. The van der Waals surface area contributed by atoms with Gasteiger partial charge in [0, 0.05) is 18.9 Å². The fourth-order valence-electron chi connectivity index (χ4n) is 4.00. The van der Waals surface area contributed by atoms with Crippen LogP contribution in [-0.2, 0) is 14.3 Å². The molecule has 4 N–H and O–H groups in total. The number of hydrogen-bond acceptors (Lipinski definition) is 5. The van der Waals surface area contributed by atoms with E-state index >= 15 is 0 Å². The number of ether oxygens (including phenoxy) is 1. The van der Waals surface area contributed by atoms with E-state index in [2.05, 4.69) is 10.6 Å². The van der Waals surface area contributed by atoms with Crippen molar-refractivity contribution in [2.24, 2.45) is 0 Å². The molecule has 0 aliphatic heterocycles. The number of carboxylic acids is 1. The van der Waals surface area contributed by atoms with E-state index in [4.69, 9.17) is 9.84 Å². The van der Waals surface area contributed by atoms with Crippen molar-refractivity contribution >= 4 is 18.0 Å². The average molecular weight is 440 g/mol. The van der Waals surface area contributed by atoms with Crippen molar-refractivity contribution in [3.8, 4) is 11.1 Å². The van der Waals surface area contributed by atoms with Crippen LogP contribution in [0.5, 0.6) is 0 Å². The maximum atomic E-state index is 12.5. The second kappa shape index (κ2) is 10.8. The Morgan fingerprint density at radius 1 is 0.938 bits per heavy atom. The summed E-state index contributed by atoms with van der Waals surface area (Å²) in [4.78, 5) is 36.2. The van der Waals surface area contributed by atoms with Crippen LogP contribution in [0.1, 0.15) is 43.2 Å². The number of amides is 2. The lowest BCUT2D eigenvalue weighted by molar-refractivity contribution is -0.142. The molecule has 3 rings (SSSR count). The van der Waals surface area contributed by atoms with Gasteiger partial charge in [0.1, 0.15) is 18.7 Å². The second-order valence-electron chi connectivity index (χ2n) is 7.72. The van der Waals surface area contributed by atoms with Crippen molar-refractivity contribution in [2.75, 3.05) is 13.2 Å². The maximum Gasteiger partial charge on any atom is 0.407 e. The third-order valence-corrected chi connectivity index (χ3v) is 5.56.